The average Bonchev–Trinajstić information content (AvgIpc) is 2.29. The van der Waals surface area contributed by atoms with E-state index in [9.17, 15) is 14.0 Å². The molecular formula is C13H14BrFN2O2. The van der Waals surface area contributed by atoms with Crippen LogP contribution in [0.5, 0.6) is 0 Å². The minimum Gasteiger partial charge on any atom is -0.340 e. The predicted octanol–water partition coefficient (Wildman–Crippen LogP) is 2.22. The lowest BCUT2D eigenvalue weighted by molar-refractivity contribution is -0.136. The number of carbonyl (C=O) groups is 2. The number of nitrogens with zero attached hydrogens (tertiary/aromatic N) is 1. The van der Waals surface area contributed by atoms with Gasteiger partial charge in [0, 0.05) is 4.47 Å². The normalized spacial score (nSPS) is 22.4. The Bertz CT molecular complexity index is 560. The van der Waals surface area contributed by atoms with Crippen LogP contribution < -0.4 is 10.2 Å². The van der Waals surface area contributed by atoms with E-state index in [1.54, 1.807) is 20.8 Å². The van der Waals surface area contributed by atoms with Crippen molar-refractivity contribution in [2.45, 2.75) is 32.4 Å². The van der Waals surface area contributed by atoms with Crippen molar-refractivity contribution in [3.05, 3.63) is 28.5 Å². The molecule has 4 nitrogen and oxygen atoms in total. The van der Waals surface area contributed by atoms with Gasteiger partial charge in [-0.05, 0) is 54.9 Å². The van der Waals surface area contributed by atoms with E-state index in [0.29, 0.717) is 10.2 Å². The van der Waals surface area contributed by atoms with E-state index in [2.05, 4.69) is 21.2 Å². The van der Waals surface area contributed by atoms with Gasteiger partial charge in [-0.3, -0.25) is 14.5 Å². The molecule has 102 valence electrons. The molecule has 0 spiro atoms. The number of piperazine rings is 1. The Labute approximate surface area is 119 Å². The Hall–Kier alpha value is -1.43. The zero-order valence-corrected chi connectivity index (χ0v) is 12.4. The molecule has 6 heteroatoms. The number of halogens is 2. The monoisotopic (exact) mass is 328 g/mol. The van der Waals surface area contributed by atoms with Crippen LogP contribution in [0.15, 0.2) is 22.7 Å². The number of rotatable bonds is 1. The molecule has 1 N–H and O–H groups in total. The highest BCUT2D eigenvalue weighted by Crippen LogP contribution is 2.32. The summed E-state index contributed by atoms with van der Waals surface area (Å²) < 4.78 is 13.6. The minimum absolute atomic E-state index is 0.230. The van der Waals surface area contributed by atoms with Crippen molar-refractivity contribution in [3.8, 4) is 0 Å². The van der Waals surface area contributed by atoms with E-state index in [4.69, 9.17) is 0 Å². The summed E-state index contributed by atoms with van der Waals surface area (Å²) >= 11 is 3.23. The summed E-state index contributed by atoms with van der Waals surface area (Å²) in [4.78, 5) is 25.8. The van der Waals surface area contributed by atoms with Gasteiger partial charge in [-0.2, -0.15) is 0 Å². The maximum atomic E-state index is 13.1. The first-order valence-electron chi connectivity index (χ1n) is 5.85. The number of benzene rings is 1. The summed E-state index contributed by atoms with van der Waals surface area (Å²) in [6.45, 7) is 4.92. The molecule has 19 heavy (non-hydrogen) atoms. The highest BCUT2D eigenvalue weighted by molar-refractivity contribution is 9.10. The molecule has 2 amide bonds. The standard InChI is InChI=1S/C13H14BrFN2O2/c1-7-11(18)16-13(2,3)12(19)17(7)10-5-4-8(15)6-9(10)14/h4-7H,1-3H3,(H,16,18). The molecule has 0 aliphatic carbocycles. The lowest BCUT2D eigenvalue weighted by Gasteiger charge is -2.41. The van der Waals surface area contributed by atoms with E-state index in [1.165, 1.54) is 23.1 Å². The van der Waals surface area contributed by atoms with Crippen LogP contribution in [0.25, 0.3) is 0 Å². The third-order valence-electron chi connectivity index (χ3n) is 3.13. The number of nitrogens with one attached hydrogen (secondary N) is 1. The third kappa shape index (κ3) is 2.36. The summed E-state index contributed by atoms with van der Waals surface area (Å²) in [6, 6.07) is 3.39. The van der Waals surface area contributed by atoms with Crippen molar-refractivity contribution in [3.63, 3.8) is 0 Å². The molecule has 1 aliphatic rings. The molecule has 1 atom stereocenters. The predicted molar refractivity (Wildman–Crippen MR) is 73.3 cm³/mol. The van der Waals surface area contributed by atoms with Crippen molar-refractivity contribution >= 4 is 33.4 Å². The number of hydrogen-bond acceptors (Lipinski definition) is 2. The zero-order valence-electron chi connectivity index (χ0n) is 10.8. The Balaban J connectivity index is 2.51. The lowest BCUT2D eigenvalue weighted by Crippen LogP contribution is -2.67. The maximum absolute atomic E-state index is 13.1. The fourth-order valence-corrected chi connectivity index (χ4v) is 2.60. The van der Waals surface area contributed by atoms with Crippen molar-refractivity contribution < 1.29 is 14.0 Å². The van der Waals surface area contributed by atoms with Crippen molar-refractivity contribution in [1.29, 1.82) is 0 Å². The maximum Gasteiger partial charge on any atom is 0.252 e. The second-order valence-electron chi connectivity index (χ2n) is 5.06. The smallest absolute Gasteiger partial charge is 0.252 e. The van der Waals surface area contributed by atoms with Crippen LogP contribution in [0.3, 0.4) is 0 Å². The Kier molecular flexibility index (Phi) is 3.38. The van der Waals surface area contributed by atoms with Gasteiger partial charge >= 0.3 is 0 Å². The Morgan fingerprint density at radius 2 is 2.00 bits per heavy atom. The van der Waals surface area contributed by atoms with E-state index < -0.39 is 17.4 Å². The second kappa shape index (κ2) is 4.59. The van der Waals surface area contributed by atoms with Crippen LogP contribution >= 0.6 is 15.9 Å². The van der Waals surface area contributed by atoms with Gasteiger partial charge in [-0.1, -0.05) is 0 Å². The molecule has 0 saturated carbocycles. The molecule has 1 heterocycles. The highest BCUT2D eigenvalue weighted by atomic mass is 79.9. The SMILES string of the molecule is CC1C(=O)NC(C)(C)C(=O)N1c1ccc(F)cc1Br. The van der Waals surface area contributed by atoms with Gasteiger partial charge in [0.05, 0.1) is 5.69 Å². The molecule has 1 aromatic carbocycles. The van der Waals surface area contributed by atoms with Crippen molar-refractivity contribution in [2.75, 3.05) is 4.90 Å². The number of carbonyl (C=O) groups excluding carboxylic acids is 2. The van der Waals surface area contributed by atoms with Gasteiger partial charge in [0.15, 0.2) is 0 Å². The fourth-order valence-electron chi connectivity index (χ4n) is 2.05. The summed E-state index contributed by atoms with van der Waals surface area (Å²) in [7, 11) is 0. The Morgan fingerprint density at radius 1 is 1.37 bits per heavy atom. The highest BCUT2D eigenvalue weighted by Gasteiger charge is 2.44. The zero-order chi connectivity index (χ0) is 14.4. The van der Waals surface area contributed by atoms with Gasteiger partial charge in [0.2, 0.25) is 5.91 Å². The first-order chi connectivity index (χ1) is 8.74. The van der Waals surface area contributed by atoms with E-state index in [1.807, 2.05) is 0 Å². The first kappa shape index (κ1) is 14.0. The van der Waals surface area contributed by atoms with Crippen LogP contribution in [0.4, 0.5) is 10.1 Å². The van der Waals surface area contributed by atoms with E-state index in [-0.39, 0.29) is 11.8 Å². The number of anilines is 1. The van der Waals surface area contributed by atoms with Crippen LogP contribution in [0.1, 0.15) is 20.8 Å². The summed E-state index contributed by atoms with van der Waals surface area (Å²) in [5, 5.41) is 2.67. The average molecular weight is 329 g/mol. The van der Waals surface area contributed by atoms with Gasteiger partial charge in [-0.25, -0.2) is 4.39 Å². The number of hydrogen-bond donors (Lipinski definition) is 1. The second-order valence-corrected chi connectivity index (χ2v) is 5.92. The lowest BCUT2D eigenvalue weighted by atomic mass is 9.96. The van der Waals surface area contributed by atoms with Crippen molar-refractivity contribution in [1.82, 2.24) is 5.32 Å². The van der Waals surface area contributed by atoms with Gasteiger partial charge in [0.1, 0.15) is 17.4 Å². The fraction of sp³-hybridized carbons (Fsp3) is 0.385. The van der Waals surface area contributed by atoms with Crippen LogP contribution in [0.2, 0.25) is 0 Å². The summed E-state index contributed by atoms with van der Waals surface area (Å²) in [5.41, 5.74) is -0.487. The van der Waals surface area contributed by atoms with E-state index in [0.717, 1.165) is 0 Å². The molecule has 0 bridgehead atoms. The molecule has 1 saturated heterocycles. The first-order valence-corrected chi connectivity index (χ1v) is 6.64. The van der Waals surface area contributed by atoms with Crippen LogP contribution in [-0.4, -0.2) is 23.4 Å². The summed E-state index contributed by atoms with van der Waals surface area (Å²) in [5.74, 6) is -0.871. The third-order valence-corrected chi connectivity index (χ3v) is 3.76. The molecule has 1 aliphatic heterocycles. The van der Waals surface area contributed by atoms with Crippen LogP contribution in [0, 0.1) is 5.82 Å². The molecular weight excluding hydrogens is 315 g/mol. The molecule has 0 radical (unpaired) electrons. The Morgan fingerprint density at radius 3 is 2.58 bits per heavy atom. The molecule has 1 unspecified atom stereocenters. The molecule has 0 aromatic heterocycles. The molecule has 1 aromatic rings. The quantitative estimate of drug-likeness (QED) is 0.859. The molecule has 2 rings (SSSR count). The van der Waals surface area contributed by atoms with Crippen molar-refractivity contribution in [2.24, 2.45) is 0 Å². The van der Waals surface area contributed by atoms with E-state index >= 15 is 0 Å². The van der Waals surface area contributed by atoms with Gasteiger partial charge in [-0.15, -0.1) is 0 Å². The number of amides is 2. The molecule has 1 fully saturated rings. The minimum atomic E-state index is -0.975. The van der Waals surface area contributed by atoms with Crippen LogP contribution in [-0.2, 0) is 9.59 Å². The van der Waals surface area contributed by atoms with Gasteiger partial charge in [0.25, 0.3) is 5.91 Å². The largest absolute Gasteiger partial charge is 0.340 e. The van der Waals surface area contributed by atoms with Gasteiger partial charge < -0.3 is 5.32 Å². The summed E-state index contributed by atoms with van der Waals surface area (Å²) in [6.07, 6.45) is 0. The topological polar surface area (TPSA) is 49.4 Å².